The number of carbonyl (C=O) groups is 2. The number of hydrogen-bond donors (Lipinski definition) is 1. The number of hydrogen-bond acceptors (Lipinski definition) is 5. The second kappa shape index (κ2) is 5.42. The highest BCUT2D eigenvalue weighted by atomic mass is 79.9. The van der Waals surface area contributed by atoms with Crippen LogP contribution >= 0.6 is 15.9 Å². The Bertz CT molecular complexity index is 894. The summed E-state index contributed by atoms with van der Waals surface area (Å²) in [4.78, 5) is 24.0. The Kier molecular flexibility index (Phi) is 3.58. The standard InChI is InChI=1S/C15H11BrN2O4/c1-7-5-11(18-22-7)15(20)17-13-10-6-9(16)3-4-12(10)21-14(13)8(2)19/h3-6H,1-2H3,(H,17,20). The topological polar surface area (TPSA) is 85.3 Å². The zero-order valence-corrected chi connectivity index (χ0v) is 13.4. The van der Waals surface area contributed by atoms with E-state index in [-0.39, 0.29) is 17.2 Å². The first-order chi connectivity index (χ1) is 10.5. The highest BCUT2D eigenvalue weighted by Gasteiger charge is 2.21. The summed E-state index contributed by atoms with van der Waals surface area (Å²) >= 11 is 3.36. The quantitative estimate of drug-likeness (QED) is 0.713. The molecule has 0 aliphatic heterocycles. The average Bonchev–Trinajstić information content (AvgIpc) is 3.03. The van der Waals surface area contributed by atoms with Crippen LogP contribution in [0.5, 0.6) is 0 Å². The summed E-state index contributed by atoms with van der Waals surface area (Å²) in [6, 6.07) is 6.81. The van der Waals surface area contributed by atoms with Gasteiger partial charge in [0.15, 0.2) is 17.2 Å². The lowest BCUT2D eigenvalue weighted by Gasteiger charge is -2.02. The Morgan fingerprint density at radius 2 is 2.05 bits per heavy atom. The molecule has 7 heteroatoms. The second-order valence-corrected chi connectivity index (χ2v) is 5.70. The maximum absolute atomic E-state index is 12.2. The SMILES string of the molecule is CC(=O)c1oc2ccc(Br)cc2c1NC(=O)c1cc(C)on1. The molecule has 0 unspecified atom stereocenters. The van der Waals surface area contributed by atoms with Crippen LogP contribution in [0.4, 0.5) is 5.69 Å². The molecule has 1 aromatic carbocycles. The van der Waals surface area contributed by atoms with Crippen molar-refractivity contribution in [3.8, 4) is 0 Å². The summed E-state index contributed by atoms with van der Waals surface area (Å²) < 4.78 is 11.2. The second-order valence-electron chi connectivity index (χ2n) is 4.78. The molecule has 0 saturated carbocycles. The lowest BCUT2D eigenvalue weighted by molar-refractivity contribution is 0.0990. The van der Waals surface area contributed by atoms with Gasteiger partial charge in [0, 0.05) is 22.8 Å². The van der Waals surface area contributed by atoms with Crippen LogP contribution in [0.1, 0.15) is 33.7 Å². The Morgan fingerprint density at radius 1 is 1.27 bits per heavy atom. The van der Waals surface area contributed by atoms with E-state index in [2.05, 4.69) is 26.4 Å². The molecule has 0 aliphatic carbocycles. The zero-order valence-electron chi connectivity index (χ0n) is 11.8. The normalized spacial score (nSPS) is 10.9. The minimum atomic E-state index is -0.470. The monoisotopic (exact) mass is 362 g/mol. The van der Waals surface area contributed by atoms with E-state index in [1.807, 2.05) is 0 Å². The highest BCUT2D eigenvalue weighted by Crippen LogP contribution is 2.33. The Balaban J connectivity index is 2.08. The van der Waals surface area contributed by atoms with Crippen LogP contribution in [-0.4, -0.2) is 16.8 Å². The molecule has 0 spiro atoms. The lowest BCUT2D eigenvalue weighted by atomic mass is 10.2. The van der Waals surface area contributed by atoms with Crippen molar-refractivity contribution in [1.82, 2.24) is 5.16 Å². The maximum Gasteiger partial charge on any atom is 0.277 e. The summed E-state index contributed by atoms with van der Waals surface area (Å²) in [7, 11) is 0. The van der Waals surface area contributed by atoms with Crippen LogP contribution in [0.25, 0.3) is 11.0 Å². The molecule has 0 atom stereocenters. The molecule has 0 saturated heterocycles. The molecule has 3 rings (SSSR count). The first kappa shape index (κ1) is 14.5. The van der Waals surface area contributed by atoms with E-state index in [4.69, 9.17) is 8.94 Å². The number of halogens is 1. The summed E-state index contributed by atoms with van der Waals surface area (Å²) in [5, 5.41) is 6.96. The molecule has 3 aromatic rings. The molecule has 0 radical (unpaired) electrons. The van der Waals surface area contributed by atoms with Crippen LogP contribution < -0.4 is 5.32 Å². The van der Waals surface area contributed by atoms with Gasteiger partial charge < -0.3 is 14.3 Å². The van der Waals surface area contributed by atoms with E-state index >= 15 is 0 Å². The molecule has 1 N–H and O–H groups in total. The minimum absolute atomic E-state index is 0.0988. The van der Waals surface area contributed by atoms with Gasteiger partial charge in [-0.1, -0.05) is 21.1 Å². The Hall–Kier alpha value is -2.41. The van der Waals surface area contributed by atoms with Crippen LogP contribution in [-0.2, 0) is 0 Å². The third-order valence-electron chi connectivity index (χ3n) is 3.07. The van der Waals surface area contributed by atoms with Crippen molar-refractivity contribution in [1.29, 1.82) is 0 Å². The summed E-state index contributed by atoms with van der Waals surface area (Å²) in [5.41, 5.74) is 0.978. The van der Waals surface area contributed by atoms with Gasteiger partial charge in [0.25, 0.3) is 5.91 Å². The molecule has 0 aliphatic rings. The van der Waals surface area contributed by atoms with Gasteiger partial charge in [0.05, 0.1) is 5.69 Å². The summed E-state index contributed by atoms with van der Waals surface area (Å²) in [5.74, 6) is -0.126. The summed E-state index contributed by atoms with van der Waals surface area (Å²) in [6.45, 7) is 3.07. The fourth-order valence-electron chi connectivity index (χ4n) is 2.09. The number of aryl methyl sites for hydroxylation is 1. The third-order valence-corrected chi connectivity index (χ3v) is 3.56. The molecule has 2 heterocycles. The Morgan fingerprint density at radius 3 is 2.68 bits per heavy atom. The van der Waals surface area contributed by atoms with Gasteiger partial charge in [-0.05, 0) is 25.1 Å². The van der Waals surface area contributed by atoms with Crippen LogP contribution in [0.2, 0.25) is 0 Å². The van der Waals surface area contributed by atoms with Crippen molar-refractivity contribution in [3.63, 3.8) is 0 Å². The number of benzene rings is 1. The number of Topliss-reactive ketones (excluding diaryl/α,β-unsaturated/α-hetero) is 1. The van der Waals surface area contributed by atoms with Gasteiger partial charge >= 0.3 is 0 Å². The number of nitrogens with one attached hydrogen (secondary N) is 1. The number of furan rings is 1. The first-order valence-electron chi connectivity index (χ1n) is 6.43. The predicted octanol–water partition coefficient (Wildman–Crippen LogP) is 3.95. The number of aromatic nitrogens is 1. The smallest absolute Gasteiger partial charge is 0.277 e. The molecule has 0 bridgehead atoms. The first-order valence-corrected chi connectivity index (χ1v) is 7.22. The fourth-order valence-corrected chi connectivity index (χ4v) is 2.45. The van der Waals surface area contributed by atoms with Crippen molar-refractivity contribution >= 4 is 44.3 Å². The molecule has 1 amide bonds. The van der Waals surface area contributed by atoms with E-state index in [0.29, 0.717) is 22.4 Å². The van der Waals surface area contributed by atoms with Gasteiger partial charge in [0.2, 0.25) is 0 Å². The van der Waals surface area contributed by atoms with E-state index in [9.17, 15) is 9.59 Å². The number of rotatable bonds is 3. The van der Waals surface area contributed by atoms with Crippen molar-refractivity contribution < 1.29 is 18.5 Å². The van der Waals surface area contributed by atoms with Crippen molar-refractivity contribution in [2.45, 2.75) is 13.8 Å². The van der Waals surface area contributed by atoms with Crippen molar-refractivity contribution in [3.05, 3.63) is 46.0 Å². The van der Waals surface area contributed by atoms with E-state index in [0.717, 1.165) is 4.47 Å². The van der Waals surface area contributed by atoms with Crippen LogP contribution in [0, 0.1) is 6.92 Å². The minimum Gasteiger partial charge on any atom is -0.451 e. The van der Waals surface area contributed by atoms with Crippen molar-refractivity contribution in [2.24, 2.45) is 0 Å². The molecule has 2 aromatic heterocycles. The van der Waals surface area contributed by atoms with Gasteiger partial charge in [-0.15, -0.1) is 0 Å². The van der Waals surface area contributed by atoms with Gasteiger partial charge in [-0.2, -0.15) is 0 Å². The predicted molar refractivity (Wildman–Crippen MR) is 83.1 cm³/mol. The fraction of sp³-hybridized carbons (Fsp3) is 0.133. The lowest BCUT2D eigenvalue weighted by Crippen LogP contribution is -2.13. The number of fused-ring (bicyclic) bond motifs is 1. The highest BCUT2D eigenvalue weighted by molar-refractivity contribution is 9.10. The largest absolute Gasteiger partial charge is 0.451 e. The van der Waals surface area contributed by atoms with Crippen LogP contribution in [0.15, 0.2) is 37.7 Å². The Labute approximate surface area is 133 Å². The molecular formula is C15H11BrN2O4. The number of carbonyl (C=O) groups excluding carboxylic acids is 2. The molecule has 112 valence electrons. The number of nitrogens with zero attached hydrogens (tertiary/aromatic N) is 1. The van der Waals surface area contributed by atoms with Gasteiger partial charge in [-0.3, -0.25) is 9.59 Å². The van der Waals surface area contributed by atoms with E-state index in [1.165, 1.54) is 13.0 Å². The number of amides is 1. The summed E-state index contributed by atoms with van der Waals surface area (Å²) in [6.07, 6.45) is 0. The van der Waals surface area contributed by atoms with Gasteiger partial charge in [-0.25, -0.2) is 0 Å². The van der Waals surface area contributed by atoms with E-state index in [1.54, 1.807) is 25.1 Å². The van der Waals surface area contributed by atoms with Gasteiger partial charge in [0.1, 0.15) is 11.3 Å². The molecule has 6 nitrogen and oxygen atoms in total. The number of ketones is 1. The molecular weight excluding hydrogens is 352 g/mol. The molecule has 0 fully saturated rings. The third kappa shape index (κ3) is 2.55. The number of anilines is 1. The zero-order chi connectivity index (χ0) is 15.9. The molecule has 22 heavy (non-hydrogen) atoms. The van der Waals surface area contributed by atoms with E-state index < -0.39 is 5.91 Å². The average molecular weight is 363 g/mol. The van der Waals surface area contributed by atoms with Crippen molar-refractivity contribution in [2.75, 3.05) is 5.32 Å². The maximum atomic E-state index is 12.2. The van der Waals surface area contributed by atoms with Crippen LogP contribution in [0.3, 0.4) is 0 Å².